The molecule has 2 rings (SSSR count). The predicted octanol–water partition coefficient (Wildman–Crippen LogP) is 2.51. The minimum absolute atomic E-state index is 0.364. The van der Waals surface area contributed by atoms with Gasteiger partial charge in [-0.15, -0.1) is 11.3 Å². The van der Waals surface area contributed by atoms with Gasteiger partial charge in [-0.1, -0.05) is 6.07 Å². The maximum atomic E-state index is 5.74. The van der Waals surface area contributed by atoms with Crippen molar-refractivity contribution in [1.29, 1.82) is 0 Å². The number of rotatable bonds is 5. The van der Waals surface area contributed by atoms with Crippen LogP contribution in [0.3, 0.4) is 0 Å². The molecule has 1 fully saturated rings. The van der Waals surface area contributed by atoms with Crippen molar-refractivity contribution in [3.63, 3.8) is 0 Å². The molecule has 0 aliphatic carbocycles. The molecule has 0 radical (unpaired) electrons. The highest BCUT2D eigenvalue weighted by molar-refractivity contribution is 7.10. The highest BCUT2D eigenvalue weighted by atomic mass is 32.1. The fourth-order valence-electron chi connectivity index (χ4n) is 2.54. The van der Waals surface area contributed by atoms with Gasteiger partial charge in [0, 0.05) is 37.1 Å². The highest BCUT2D eigenvalue weighted by Crippen LogP contribution is 2.17. The van der Waals surface area contributed by atoms with Crippen LogP contribution in [0.5, 0.6) is 0 Å². The van der Waals surface area contributed by atoms with E-state index >= 15 is 0 Å². The van der Waals surface area contributed by atoms with Crippen molar-refractivity contribution in [2.75, 3.05) is 26.2 Å². The minimum Gasteiger partial charge on any atom is -0.373 e. The van der Waals surface area contributed by atoms with Crippen molar-refractivity contribution in [1.82, 2.24) is 10.2 Å². The predicted molar refractivity (Wildman–Crippen MR) is 77.2 cm³/mol. The number of morpholine rings is 1. The summed E-state index contributed by atoms with van der Waals surface area (Å²) in [6, 6.07) is 4.77. The lowest BCUT2D eigenvalue weighted by atomic mass is 10.2. The molecule has 18 heavy (non-hydrogen) atoms. The highest BCUT2D eigenvalue weighted by Gasteiger charge is 2.21. The van der Waals surface area contributed by atoms with Crippen LogP contribution in [-0.2, 0) is 4.74 Å². The molecule has 3 unspecified atom stereocenters. The topological polar surface area (TPSA) is 24.5 Å². The summed E-state index contributed by atoms with van der Waals surface area (Å²) in [6.07, 6.45) is 0.729. The molecule has 1 aromatic heterocycles. The molecule has 0 bridgehead atoms. The van der Waals surface area contributed by atoms with E-state index < -0.39 is 0 Å². The van der Waals surface area contributed by atoms with Gasteiger partial charge in [0.1, 0.15) is 0 Å². The summed E-state index contributed by atoms with van der Waals surface area (Å²) < 4.78 is 5.74. The number of thiophene rings is 1. The van der Waals surface area contributed by atoms with Gasteiger partial charge < -0.3 is 10.1 Å². The monoisotopic (exact) mass is 268 g/mol. The van der Waals surface area contributed by atoms with Gasteiger partial charge in [0.05, 0.1) is 12.2 Å². The van der Waals surface area contributed by atoms with Crippen LogP contribution in [0, 0.1) is 0 Å². The SMILES string of the molecule is CC1CN(CCNC(C)c2cccs2)CC(C)O1. The normalized spacial score (nSPS) is 27.3. The van der Waals surface area contributed by atoms with E-state index in [0.29, 0.717) is 18.2 Å². The van der Waals surface area contributed by atoms with Gasteiger partial charge in [0.25, 0.3) is 0 Å². The van der Waals surface area contributed by atoms with Crippen LogP contribution in [0.2, 0.25) is 0 Å². The van der Waals surface area contributed by atoms with Crippen LogP contribution in [0.15, 0.2) is 17.5 Å². The third kappa shape index (κ3) is 4.05. The summed E-state index contributed by atoms with van der Waals surface area (Å²) >= 11 is 1.82. The van der Waals surface area contributed by atoms with Crippen molar-refractivity contribution in [2.45, 2.75) is 39.0 Å². The molecule has 102 valence electrons. The van der Waals surface area contributed by atoms with Crippen LogP contribution in [0.4, 0.5) is 0 Å². The first-order chi connectivity index (χ1) is 8.65. The zero-order chi connectivity index (χ0) is 13.0. The van der Waals surface area contributed by atoms with E-state index in [9.17, 15) is 0 Å². The van der Waals surface area contributed by atoms with Crippen molar-refractivity contribution in [3.8, 4) is 0 Å². The summed E-state index contributed by atoms with van der Waals surface area (Å²) in [5.41, 5.74) is 0. The molecule has 4 heteroatoms. The number of ether oxygens (including phenoxy) is 1. The Hall–Kier alpha value is -0.420. The molecule has 1 aliphatic heterocycles. The maximum absolute atomic E-state index is 5.74. The number of nitrogens with zero attached hydrogens (tertiary/aromatic N) is 1. The number of nitrogens with one attached hydrogen (secondary N) is 1. The van der Waals surface area contributed by atoms with Gasteiger partial charge in [0.15, 0.2) is 0 Å². The van der Waals surface area contributed by atoms with Crippen LogP contribution in [0.25, 0.3) is 0 Å². The first-order valence-electron chi connectivity index (χ1n) is 6.79. The Bertz CT molecular complexity index is 332. The molecule has 2 heterocycles. The van der Waals surface area contributed by atoms with Crippen molar-refractivity contribution in [2.24, 2.45) is 0 Å². The number of hydrogen-bond donors (Lipinski definition) is 1. The quantitative estimate of drug-likeness (QED) is 0.888. The average molecular weight is 268 g/mol. The van der Waals surface area contributed by atoms with E-state index in [4.69, 9.17) is 4.74 Å². The maximum Gasteiger partial charge on any atom is 0.0678 e. The lowest BCUT2D eigenvalue weighted by molar-refractivity contribution is -0.0675. The van der Waals surface area contributed by atoms with Crippen LogP contribution in [-0.4, -0.2) is 43.3 Å². The average Bonchev–Trinajstić information content (AvgIpc) is 2.80. The first kappa shape index (κ1) is 14.0. The molecule has 3 atom stereocenters. The lowest BCUT2D eigenvalue weighted by Crippen LogP contribution is -2.47. The van der Waals surface area contributed by atoms with Gasteiger partial charge in [-0.2, -0.15) is 0 Å². The van der Waals surface area contributed by atoms with E-state index in [1.54, 1.807) is 0 Å². The van der Waals surface area contributed by atoms with Gasteiger partial charge in [-0.3, -0.25) is 4.90 Å². The van der Waals surface area contributed by atoms with E-state index in [-0.39, 0.29) is 0 Å². The summed E-state index contributed by atoms with van der Waals surface area (Å²) in [4.78, 5) is 3.91. The molecule has 1 aliphatic rings. The minimum atomic E-state index is 0.364. The smallest absolute Gasteiger partial charge is 0.0678 e. The zero-order valence-corrected chi connectivity index (χ0v) is 12.4. The van der Waals surface area contributed by atoms with Crippen molar-refractivity contribution in [3.05, 3.63) is 22.4 Å². The molecule has 0 aromatic carbocycles. The third-order valence-corrected chi connectivity index (χ3v) is 4.40. The molecule has 1 N–H and O–H groups in total. The molecule has 0 amide bonds. The lowest BCUT2D eigenvalue weighted by Gasteiger charge is -2.35. The Balaban J connectivity index is 1.69. The van der Waals surface area contributed by atoms with E-state index in [2.05, 4.69) is 48.5 Å². The Morgan fingerprint density at radius 1 is 1.44 bits per heavy atom. The fraction of sp³-hybridized carbons (Fsp3) is 0.714. The molecule has 3 nitrogen and oxygen atoms in total. The Morgan fingerprint density at radius 2 is 2.17 bits per heavy atom. The van der Waals surface area contributed by atoms with Gasteiger partial charge >= 0.3 is 0 Å². The van der Waals surface area contributed by atoms with Crippen molar-refractivity contribution >= 4 is 11.3 Å². The summed E-state index contributed by atoms with van der Waals surface area (Å²) in [5.74, 6) is 0. The summed E-state index contributed by atoms with van der Waals surface area (Å²) in [6.45, 7) is 10.8. The van der Waals surface area contributed by atoms with Crippen LogP contribution < -0.4 is 5.32 Å². The molecule has 0 saturated carbocycles. The standard InChI is InChI=1S/C14H24N2OS/c1-11-9-16(10-12(2)17-11)7-6-15-13(3)14-5-4-8-18-14/h4-5,8,11-13,15H,6-7,9-10H2,1-3H3. The van der Waals surface area contributed by atoms with E-state index in [1.165, 1.54) is 4.88 Å². The molecule has 1 aromatic rings. The fourth-order valence-corrected chi connectivity index (χ4v) is 3.30. The molecule has 1 saturated heterocycles. The van der Waals surface area contributed by atoms with E-state index in [0.717, 1.165) is 26.2 Å². The second-order valence-corrected chi connectivity index (χ2v) is 6.19. The summed E-state index contributed by atoms with van der Waals surface area (Å²) in [5, 5.41) is 5.73. The second kappa shape index (κ2) is 6.66. The Kier molecular flexibility index (Phi) is 5.18. The molecule has 0 spiro atoms. The Labute approximate surface area is 114 Å². The van der Waals surface area contributed by atoms with Gasteiger partial charge in [-0.25, -0.2) is 0 Å². The summed E-state index contributed by atoms with van der Waals surface area (Å²) in [7, 11) is 0. The zero-order valence-electron chi connectivity index (χ0n) is 11.6. The van der Waals surface area contributed by atoms with Gasteiger partial charge in [0.2, 0.25) is 0 Å². The van der Waals surface area contributed by atoms with Crippen molar-refractivity contribution < 1.29 is 4.74 Å². The molecular formula is C14H24N2OS. The van der Waals surface area contributed by atoms with Crippen LogP contribution in [0.1, 0.15) is 31.7 Å². The second-order valence-electron chi connectivity index (χ2n) is 5.21. The number of hydrogen-bond acceptors (Lipinski definition) is 4. The largest absolute Gasteiger partial charge is 0.373 e. The Morgan fingerprint density at radius 3 is 2.78 bits per heavy atom. The van der Waals surface area contributed by atoms with E-state index in [1.807, 2.05) is 11.3 Å². The molecular weight excluding hydrogens is 244 g/mol. The van der Waals surface area contributed by atoms with Crippen LogP contribution >= 0.6 is 11.3 Å². The van der Waals surface area contributed by atoms with Gasteiger partial charge in [-0.05, 0) is 32.2 Å². The third-order valence-electron chi connectivity index (χ3n) is 3.34. The first-order valence-corrected chi connectivity index (χ1v) is 7.67.